The number of aryl methyl sites for hydroxylation is 1. The lowest BCUT2D eigenvalue weighted by atomic mass is 10.2. The number of nitrogens with zero attached hydrogens (tertiary/aromatic N) is 8. The Balaban J connectivity index is 1.75. The Hall–Kier alpha value is -4.55. The van der Waals surface area contributed by atoms with Gasteiger partial charge in [0, 0.05) is 38.4 Å². The number of ether oxygens (including phenoxy) is 1. The van der Waals surface area contributed by atoms with E-state index in [2.05, 4.69) is 42.5 Å². The molecule has 4 rings (SSSR count). The van der Waals surface area contributed by atoms with Gasteiger partial charge in [-0.2, -0.15) is 5.10 Å². The topological polar surface area (TPSA) is 143 Å². The summed E-state index contributed by atoms with van der Waals surface area (Å²) in [6.45, 7) is 8.43. The van der Waals surface area contributed by atoms with E-state index in [4.69, 9.17) is 4.74 Å². The van der Waals surface area contributed by atoms with Crippen molar-refractivity contribution in [3.63, 3.8) is 0 Å². The first kappa shape index (κ1) is 23.6. The van der Waals surface area contributed by atoms with Crippen LogP contribution in [0.4, 0.5) is 22.1 Å². The lowest BCUT2D eigenvalue weighted by Crippen LogP contribution is -2.36. The number of methoxy groups -OCH3 is 1. The minimum absolute atomic E-state index is 0.00812. The zero-order chi connectivity index (χ0) is 25.1. The standard InChI is InChI=1S/C22H26N10O3/c1-6-23-21(33)17-15(11-16(27-28-17)32-10-9-31(13(2)3)22(32)34)26-20-18(35-5)14(7-8-24-20)19-25-12-30(4)29-19/h6-8,11-13H,1,9-10H2,2-5H3,(H,23,33)(H,24,26,27). The van der Waals surface area contributed by atoms with Crippen LogP contribution >= 0.6 is 0 Å². The van der Waals surface area contributed by atoms with E-state index in [1.807, 2.05) is 13.8 Å². The minimum Gasteiger partial charge on any atom is -0.492 e. The van der Waals surface area contributed by atoms with Gasteiger partial charge < -0.3 is 20.3 Å². The number of carbonyl (C=O) groups excluding carboxylic acids is 2. The van der Waals surface area contributed by atoms with E-state index in [1.165, 1.54) is 18.2 Å². The van der Waals surface area contributed by atoms with Crippen LogP contribution in [0.15, 0.2) is 37.4 Å². The maximum atomic E-state index is 12.9. The number of pyridine rings is 1. The molecule has 3 aromatic rings. The van der Waals surface area contributed by atoms with Crippen molar-refractivity contribution in [2.24, 2.45) is 7.05 Å². The predicted octanol–water partition coefficient (Wildman–Crippen LogP) is 1.94. The van der Waals surface area contributed by atoms with Crippen molar-refractivity contribution in [3.05, 3.63) is 43.1 Å². The van der Waals surface area contributed by atoms with Crippen LogP contribution < -0.4 is 20.3 Å². The Bertz CT molecular complexity index is 1270. The lowest BCUT2D eigenvalue weighted by molar-refractivity contribution is 0.0965. The molecule has 0 bridgehead atoms. The van der Waals surface area contributed by atoms with Gasteiger partial charge in [0.15, 0.2) is 28.9 Å². The molecule has 0 unspecified atom stereocenters. The molecule has 0 aliphatic carbocycles. The number of aromatic nitrogens is 6. The summed E-state index contributed by atoms with van der Waals surface area (Å²) < 4.78 is 7.19. The fourth-order valence-electron chi connectivity index (χ4n) is 3.69. The quantitative estimate of drug-likeness (QED) is 0.496. The number of amides is 3. The van der Waals surface area contributed by atoms with Gasteiger partial charge in [-0.1, -0.05) is 6.58 Å². The molecule has 0 spiro atoms. The molecule has 1 fully saturated rings. The Labute approximate surface area is 201 Å². The van der Waals surface area contributed by atoms with Crippen molar-refractivity contribution in [2.75, 3.05) is 30.4 Å². The molecule has 13 heteroatoms. The van der Waals surface area contributed by atoms with E-state index in [9.17, 15) is 9.59 Å². The summed E-state index contributed by atoms with van der Waals surface area (Å²) in [5, 5.41) is 18.2. The number of urea groups is 1. The molecule has 35 heavy (non-hydrogen) atoms. The van der Waals surface area contributed by atoms with Crippen molar-refractivity contribution >= 4 is 29.3 Å². The molecule has 1 aliphatic heterocycles. The number of nitrogens with one attached hydrogen (secondary N) is 2. The van der Waals surface area contributed by atoms with Gasteiger partial charge in [0.2, 0.25) is 0 Å². The van der Waals surface area contributed by atoms with Crippen LogP contribution in [-0.2, 0) is 7.05 Å². The number of hydrogen-bond donors (Lipinski definition) is 2. The highest BCUT2D eigenvalue weighted by Gasteiger charge is 2.33. The maximum Gasteiger partial charge on any atom is 0.326 e. The van der Waals surface area contributed by atoms with Crippen molar-refractivity contribution < 1.29 is 14.3 Å². The summed E-state index contributed by atoms with van der Waals surface area (Å²) >= 11 is 0. The van der Waals surface area contributed by atoms with Gasteiger partial charge in [-0.3, -0.25) is 14.4 Å². The molecule has 0 saturated carbocycles. The summed E-state index contributed by atoms with van der Waals surface area (Å²) in [6.07, 6.45) is 4.39. The first-order chi connectivity index (χ1) is 16.8. The summed E-state index contributed by atoms with van der Waals surface area (Å²) in [5.74, 6) is 0.900. The third-order valence-corrected chi connectivity index (χ3v) is 5.37. The molecule has 0 radical (unpaired) electrons. The van der Waals surface area contributed by atoms with Crippen molar-refractivity contribution in [3.8, 4) is 17.1 Å². The Morgan fingerprint density at radius 1 is 1.26 bits per heavy atom. The minimum atomic E-state index is -0.528. The second-order valence-corrected chi connectivity index (χ2v) is 7.97. The van der Waals surface area contributed by atoms with E-state index in [0.717, 1.165) is 0 Å². The number of rotatable bonds is 8. The summed E-state index contributed by atoms with van der Waals surface area (Å²) in [6, 6.07) is 3.18. The van der Waals surface area contributed by atoms with Crippen LogP contribution in [0, 0.1) is 0 Å². The Kier molecular flexibility index (Phi) is 6.57. The first-order valence-electron chi connectivity index (χ1n) is 10.9. The number of hydrogen-bond acceptors (Lipinski definition) is 9. The SMILES string of the molecule is C=CNC(=O)c1nnc(N2CCN(C(C)C)C2=O)cc1Nc1nccc(-c2ncn(C)n2)c1OC. The average molecular weight is 479 g/mol. The largest absolute Gasteiger partial charge is 0.492 e. The smallest absolute Gasteiger partial charge is 0.326 e. The zero-order valence-electron chi connectivity index (χ0n) is 19.9. The van der Waals surface area contributed by atoms with Crippen LogP contribution in [0.1, 0.15) is 24.3 Å². The number of carbonyl (C=O) groups is 2. The third-order valence-electron chi connectivity index (χ3n) is 5.37. The van der Waals surface area contributed by atoms with Gasteiger partial charge in [0.25, 0.3) is 5.91 Å². The van der Waals surface area contributed by atoms with Crippen molar-refractivity contribution in [2.45, 2.75) is 19.9 Å². The molecule has 0 atom stereocenters. The van der Waals surface area contributed by atoms with Gasteiger partial charge in [-0.05, 0) is 26.1 Å². The van der Waals surface area contributed by atoms with Crippen LogP contribution in [0.2, 0.25) is 0 Å². The molecule has 182 valence electrons. The van der Waals surface area contributed by atoms with Gasteiger partial charge >= 0.3 is 6.03 Å². The summed E-state index contributed by atoms with van der Waals surface area (Å²) in [4.78, 5) is 37.4. The van der Waals surface area contributed by atoms with Crippen LogP contribution in [0.25, 0.3) is 11.4 Å². The summed E-state index contributed by atoms with van der Waals surface area (Å²) in [7, 11) is 3.26. The first-order valence-corrected chi connectivity index (χ1v) is 10.9. The number of anilines is 3. The molecular formula is C22H26N10O3. The zero-order valence-corrected chi connectivity index (χ0v) is 19.9. The normalized spacial score (nSPS) is 13.3. The maximum absolute atomic E-state index is 12.9. The van der Waals surface area contributed by atoms with Crippen molar-refractivity contribution in [1.29, 1.82) is 0 Å². The third kappa shape index (κ3) is 4.60. The van der Waals surface area contributed by atoms with E-state index in [0.29, 0.717) is 41.9 Å². The average Bonchev–Trinajstić information content (AvgIpc) is 3.44. The second kappa shape index (κ2) is 9.75. The highest BCUT2D eigenvalue weighted by Crippen LogP contribution is 2.35. The van der Waals surface area contributed by atoms with Gasteiger partial charge in [-0.15, -0.1) is 10.2 Å². The van der Waals surface area contributed by atoms with Crippen LogP contribution in [-0.4, -0.2) is 73.0 Å². The fraction of sp³-hybridized carbons (Fsp3) is 0.318. The van der Waals surface area contributed by atoms with Gasteiger partial charge in [0.05, 0.1) is 18.4 Å². The summed E-state index contributed by atoms with van der Waals surface area (Å²) in [5.41, 5.74) is 0.875. The van der Waals surface area contributed by atoms with E-state index in [-0.39, 0.29) is 23.5 Å². The van der Waals surface area contributed by atoms with Crippen LogP contribution in [0.3, 0.4) is 0 Å². The molecule has 1 aliphatic rings. The molecule has 2 N–H and O–H groups in total. The predicted molar refractivity (Wildman–Crippen MR) is 128 cm³/mol. The monoisotopic (exact) mass is 478 g/mol. The van der Waals surface area contributed by atoms with E-state index < -0.39 is 5.91 Å². The molecular weight excluding hydrogens is 452 g/mol. The molecule has 0 aromatic carbocycles. The van der Waals surface area contributed by atoms with Crippen molar-refractivity contribution in [1.82, 2.24) is 40.2 Å². The van der Waals surface area contributed by atoms with E-state index >= 15 is 0 Å². The molecule has 3 aromatic heterocycles. The molecule has 4 heterocycles. The van der Waals surface area contributed by atoms with Gasteiger partial charge in [0.1, 0.15) is 6.33 Å². The Morgan fingerprint density at radius 3 is 2.69 bits per heavy atom. The fourth-order valence-corrected chi connectivity index (χ4v) is 3.69. The highest BCUT2D eigenvalue weighted by atomic mass is 16.5. The highest BCUT2D eigenvalue weighted by molar-refractivity contribution is 6.00. The Morgan fingerprint density at radius 2 is 2.06 bits per heavy atom. The van der Waals surface area contributed by atoms with E-state index in [1.54, 1.807) is 41.3 Å². The molecule has 1 saturated heterocycles. The molecule has 3 amide bonds. The van der Waals surface area contributed by atoms with Gasteiger partial charge in [-0.25, -0.2) is 14.8 Å². The van der Waals surface area contributed by atoms with Crippen LogP contribution in [0.5, 0.6) is 5.75 Å². The molecule has 13 nitrogen and oxygen atoms in total. The second-order valence-electron chi connectivity index (χ2n) is 7.97. The lowest BCUT2D eigenvalue weighted by Gasteiger charge is -2.21.